The SMILES string of the molecule is CCCCCC(C)(C)CNS(=O)(=O)c1ccc(CN)cc1. The highest BCUT2D eigenvalue weighted by atomic mass is 32.2. The summed E-state index contributed by atoms with van der Waals surface area (Å²) in [5.74, 6) is 0. The van der Waals surface area contributed by atoms with E-state index in [0.29, 0.717) is 18.0 Å². The van der Waals surface area contributed by atoms with Gasteiger partial charge in [-0.1, -0.05) is 52.2 Å². The summed E-state index contributed by atoms with van der Waals surface area (Å²) >= 11 is 0. The average Bonchev–Trinajstić information content (AvgIpc) is 2.46. The van der Waals surface area contributed by atoms with Crippen molar-refractivity contribution in [2.75, 3.05) is 6.54 Å². The second-order valence-electron chi connectivity index (χ2n) is 6.29. The van der Waals surface area contributed by atoms with E-state index in [9.17, 15) is 8.42 Å². The first-order valence-corrected chi connectivity index (χ1v) is 9.08. The van der Waals surface area contributed by atoms with E-state index < -0.39 is 10.0 Å². The van der Waals surface area contributed by atoms with Crippen LogP contribution in [0.5, 0.6) is 0 Å². The third kappa shape index (κ3) is 6.16. The van der Waals surface area contributed by atoms with Crippen LogP contribution in [0.25, 0.3) is 0 Å². The summed E-state index contributed by atoms with van der Waals surface area (Å²) in [5, 5.41) is 0. The van der Waals surface area contributed by atoms with Crippen LogP contribution in [0.15, 0.2) is 29.2 Å². The number of nitrogens with two attached hydrogens (primary N) is 1. The molecule has 0 radical (unpaired) electrons. The largest absolute Gasteiger partial charge is 0.326 e. The van der Waals surface area contributed by atoms with Crippen molar-refractivity contribution in [3.05, 3.63) is 29.8 Å². The number of rotatable bonds is 9. The minimum atomic E-state index is -3.44. The summed E-state index contributed by atoms with van der Waals surface area (Å²) < 4.78 is 27.3. The minimum Gasteiger partial charge on any atom is -0.326 e. The topological polar surface area (TPSA) is 72.2 Å². The normalized spacial score (nSPS) is 12.6. The second kappa shape index (κ2) is 7.92. The van der Waals surface area contributed by atoms with E-state index in [4.69, 9.17) is 5.73 Å². The Balaban J connectivity index is 2.63. The Hall–Kier alpha value is -0.910. The van der Waals surface area contributed by atoms with Gasteiger partial charge in [-0.25, -0.2) is 13.1 Å². The van der Waals surface area contributed by atoms with Gasteiger partial charge in [0.05, 0.1) is 4.90 Å². The van der Waals surface area contributed by atoms with Gasteiger partial charge in [0.2, 0.25) is 10.0 Å². The monoisotopic (exact) mass is 312 g/mol. The molecule has 1 aromatic rings. The molecule has 0 fully saturated rings. The molecular weight excluding hydrogens is 284 g/mol. The smallest absolute Gasteiger partial charge is 0.240 e. The maximum Gasteiger partial charge on any atom is 0.240 e. The van der Waals surface area contributed by atoms with Gasteiger partial charge in [-0.3, -0.25) is 0 Å². The molecule has 0 aliphatic heterocycles. The molecule has 0 amide bonds. The molecule has 1 rings (SSSR count). The van der Waals surface area contributed by atoms with Crippen molar-refractivity contribution in [2.45, 2.75) is 57.9 Å². The minimum absolute atomic E-state index is 0.0283. The van der Waals surface area contributed by atoms with E-state index >= 15 is 0 Å². The van der Waals surface area contributed by atoms with Gasteiger partial charge >= 0.3 is 0 Å². The number of hydrogen-bond donors (Lipinski definition) is 2. The van der Waals surface area contributed by atoms with Crippen LogP contribution in [-0.2, 0) is 16.6 Å². The van der Waals surface area contributed by atoms with Crippen molar-refractivity contribution < 1.29 is 8.42 Å². The lowest BCUT2D eigenvalue weighted by atomic mass is 9.87. The predicted octanol–water partition coefficient (Wildman–Crippen LogP) is 3.03. The molecule has 0 saturated carbocycles. The third-order valence-electron chi connectivity index (χ3n) is 3.67. The molecule has 3 N–H and O–H groups in total. The van der Waals surface area contributed by atoms with Crippen LogP contribution in [0, 0.1) is 5.41 Å². The predicted molar refractivity (Wildman–Crippen MR) is 87.4 cm³/mol. The summed E-state index contributed by atoms with van der Waals surface area (Å²) in [6.45, 7) is 7.24. The lowest BCUT2D eigenvalue weighted by Gasteiger charge is -2.24. The third-order valence-corrected chi connectivity index (χ3v) is 5.08. The zero-order chi connectivity index (χ0) is 15.9. The van der Waals surface area contributed by atoms with Crippen LogP contribution in [0.4, 0.5) is 0 Å². The molecule has 0 heterocycles. The van der Waals surface area contributed by atoms with Crippen LogP contribution in [0.3, 0.4) is 0 Å². The molecular formula is C16H28N2O2S. The number of sulfonamides is 1. The van der Waals surface area contributed by atoms with Crippen LogP contribution in [0.2, 0.25) is 0 Å². The highest BCUT2D eigenvalue weighted by molar-refractivity contribution is 7.89. The van der Waals surface area contributed by atoms with Gasteiger partial charge in [0.15, 0.2) is 0 Å². The summed E-state index contributed by atoms with van der Waals surface area (Å²) in [7, 11) is -3.44. The summed E-state index contributed by atoms with van der Waals surface area (Å²) in [5.41, 5.74) is 6.41. The van der Waals surface area contributed by atoms with Gasteiger partial charge < -0.3 is 5.73 Å². The number of unbranched alkanes of at least 4 members (excludes halogenated alkanes) is 2. The van der Waals surface area contributed by atoms with Gasteiger partial charge in [-0.05, 0) is 29.5 Å². The first-order valence-electron chi connectivity index (χ1n) is 7.59. The Morgan fingerprint density at radius 2 is 1.76 bits per heavy atom. The molecule has 4 nitrogen and oxygen atoms in total. The number of nitrogens with one attached hydrogen (secondary N) is 1. The molecule has 0 aliphatic rings. The van der Waals surface area contributed by atoms with E-state index in [1.54, 1.807) is 24.3 Å². The van der Waals surface area contributed by atoms with E-state index in [-0.39, 0.29) is 5.41 Å². The lowest BCUT2D eigenvalue weighted by Crippen LogP contribution is -2.34. The molecule has 21 heavy (non-hydrogen) atoms. The number of benzene rings is 1. The quantitative estimate of drug-likeness (QED) is 0.688. The zero-order valence-corrected chi connectivity index (χ0v) is 14.2. The lowest BCUT2D eigenvalue weighted by molar-refractivity contribution is 0.320. The van der Waals surface area contributed by atoms with Crippen LogP contribution >= 0.6 is 0 Å². The fourth-order valence-electron chi connectivity index (χ4n) is 2.12. The molecule has 0 unspecified atom stereocenters. The summed E-state index contributed by atoms with van der Waals surface area (Å²) in [6.07, 6.45) is 4.53. The van der Waals surface area contributed by atoms with Crippen molar-refractivity contribution in [3.8, 4) is 0 Å². The van der Waals surface area contributed by atoms with Crippen molar-refractivity contribution in [1.82, 2.24) is 4.72 Å². The molecule has 5 heteroatoms. The fraction of sp³-hybridized carbons (Fsp3) is 0.625. The molecule has 1 aromatic carbocycles. The summed E-state index contributed by atoms with van der Waals surface area (Å²) in [4.78, 5) is 0.295. The molecule has 0 saturated heterocycles. The number of hydrogen-bond acceptors (Lipinski definition) is 3. The van der Waals surface area contributed by atoms with Crippen LogP contribution in [-0.4, -0.2) is 15.0 Å². The molecule has 0 bridgehead atoms. The maximum absolute atomic E-state index is 12.3. The molecule has 120 valence electrons. The van der Waals surface area contributed by atoms with Gasteiger partial charge in [-0.2, -0.15) is 0 Å². The Kier molecular flexibility index (Phi) is 6.84. The molecule has 0 aliphatic carbocycles. The van der Waals surface area contributed by atoms with Crippen molar-refractivity contribution in [3.63, 3.8) is 0 Å². The second-order valence-corrected chi connectivity index (χ2v) is 8.06. The Labute approximate surface area is 129 Å². The van der Waals surface area contributed by atoms with Gasteiger partial charge in [-0.15, -0.1) is 0 Å². The fourth-order valence-corrected chi connectivity index (χ4v) is 3.36. The summed E-state index contributed by atoms with van der Waals surface area (Å²) in [6, 6.07) is 6.71. The highest BCUT2D eigenvalue weighted by Crippen LogP contribution is 2.23. The maximum atomic E-state index is 12.3. The van der Waals surface area contributed by atoms with Gasteiger partial charge in [0.25, 0.3) is 0 Å². The van der Waals surface area contributed by atoms with Crippen LogP contribution in [0.1, 0.15) is 52.0 Å². The van der Waals surface area contributed by atoms with Crippen molar-refractivity contribution >= 4 is 10.0 Å². The first kappa shape index (κ1) is 18.1. The van der Waals surface area contributed by atoms with E-state index in [1.807, 2.05) is 0 Å². The van der Waals surface area contributed by atoms with Crippen molar-refractivity contribution in [1.29, 1.82) is 0 Å². The Bertz CT molecular complexity index is 522. The Morgan fingerprint density at radius 1 is 1.14 bits per heavy atom. The Morgan fingerprint density at radius 3 is 2.29 bits per heavy atom. The van der Waals surface area contributed by atoms with E-state index in [2.05, 4.69) is 25.5 Å². The standard InChI is InChI=1S/C16H28N2O2S/c1-4-5-6-11-16(2,3)13-18-21(19,20)15-9-7-14(12-17)8-10-15/h7-10,18H,4-6,11-13,17H2,1-3H3. The van der Waals surface area contributed by atoms with E-state index in [1.165, 1.54) is 12.8 Å². The van der Waals surface area contributed by atoms with Crippen LogP contribution < -0.4 is 10.5 Å². The van der Waals surface area contributed by atoms with E-state index in [0.717, 1.165) is 18.4 Å². The molecule has 0 spiro atoms. The molecule has 0 aromatic heterocycles. The van der Waals surface area contributed by atoms with Gasteiger partial charge in [0.1, 0.15) is 0 Å². The highest BCUT2D eigenvalue weighted by Gasteiger charge is 2.21. The van der Waals surface area contributed by atoms with Crippen molar-refractivity contribution in [2.24, 2.45) is 11.1 Å². The average molecular weight is 312 g/mol. The van der Waals surface area contributed by atoms with Gasteiger partial charge in [0, 0.05) is 13.1 Å². The first-order chi connectivity index (χ1) is 9.80. The molecule has 0 atom stereocenters. The zero-order valence-electron chi connectivity index (χ0n) is 13.4.